The molecular formula is C27H32FN3O6S2. The second-order valence-electron chi connectivity index (χ2n) is 10.7. The number of hydrogen-bond donors (Lipinski definition) is 1. The summed E-state index contributed by atoms with van der Waals surface area (Å²) in [5, 5.41) is 0. The lowest BCUT2D eigenvalue weighted by atomic mass is 10.1. The molecule has 1 fully saturated rings. The Morgan fingerprint density at radius 2 is 1.77 bits per heavy atom. The number of rotatable bonds is 9. The predicted octanol–water partition coefficient (Wildman–Crippen LogP) is 5.05. The van der Waals surface area contributed by atoms with E-state index in [1.807, 2.05) is 0 Å². The molecule has 2 aromatic carbocycles. The van der Waals surface area contributed by atoms with Crippen molar-refractivity contribution in [3.63, 3.8) is 0 Å². The maximum absolute atomic E-state index is 14.8. The standard InChI is InChI=1S/C27H32FN3O6S2/c1-27(2,3)37-26(32)30(4)16-20-14-25(23-10-5-6-11-24(23)28)31(17-20)39(35,36)22-9-7-8-21(15-22)29-38(33,34)18-19-12-13-19/h5-11,14-15,17,19,29H,12-13,16,18H2,1-4H3. The van der Waals surface area contributed by atoms with Gasteiger partial charge in [0.25, 0.3) is 10.0 Å². The fourth-order valence-corrected chi connectivity index (χ4v) is 6.94. The van der Waals surface area contributed by atoms with Gasteiger partial charge >= 0.3 is 6.09 Å². The Kier molecular flexibility index (Phi) is 7.82. The van der Waals surface area contributed by atoms with Gasteiger partial charge < -0.3 is 9.64 Å². The molecule has 1 aliphatic carbocycles. The van der Waals surface area contributed by atoms with E-state index in [1.165, 1.54) is 66.7 Å². The summed E-state index contributed by atoms with van der Waals surface area (Å²) in [6.07, 6.45) is 2.43. The molecule has 3 aromatic rings. The molecule has 210 valence electrons. The van der Waals surface area contributed by atoms with Crippen LogP contribution >= 0.6 is 0 Å². The number of anilines is 1. The first kappa shape index (κ1) is 28.6. The van der Waals surface area contributed by atoms with E-state index < -0.39 is 37.6 Å². The van der Waals surface area contributed by atoms with Crippen LogP contribution in [0.4, 0.5) is 14.9 Å². The number of nitrogens with zero attached hydrogens (tertiary/aromatic N) is 2. The number of ether oxygens (including phenoxy) is 1. The van der Waals surface area contributed by atoms with Crippen LogP contribution in [-0.4, -0.2) is 50.2 Å². The number of benzene rings is 2. The minimum atomic E-state index is -4.31. The monoisotopic (exact) mass is 577 g/mol. The molecule has 0 bridgehead atoms. The summed E-state index contributed by atoms with van der Waals surface area (Å²) < 4.78 is 76.2. The van der Waals surface area contributed by atoms with Gasteiger partial charge in [-0.15, -0.1) is 0 Å². The van der Waals surface area contributed by atoms with Crippen LogP contribution in [0.25, 0.3) is 11.3 Å². The first-order valence-corrected chi connectivity index (χ1v) is 15.5. The normalized spacial score (nSPS) is 14.2. The molecule has 1 amide bonds. The topological polar surface area (TPSA) is 115 Å². The third-order valence-corrected chi connectivity index (χ3v) is 9.06. The van der Waals surface area contributed by atoms with Crippen molar-refractivity contribution in [2.75, 3.05) is 17.5 Å². The number of carbonyl (C=O) groups is 1. The van der Waals surface area contributed by atoms with Crippen molar-refractivity contribution in [2.24, 2.45) is 5.92 Å². The highest BCUT2D eigenvalue weighted by molar-refractivity contribution is 7.92. The molecule has 1 heterocycles. The number of sulfonamides is 1. The zero-order valence-electron chi connectivity index (χ0n) is 22.2. The van der Waals surface area contributed by atoms with Crippen LogP contribution < -0.4 is 4.72 Å². The molecule has 9 nitrogen and oxygen atoms in total. The molecule has 0 spiro atoms. The van der Waals surface area contributed by atoms with Crippen molar-refractivity contribution in [1.82, 2.24) is 8.87 Å². The molecule has 0 radical (unpaired) electrons. The zero-order chi connectivity index (χ0) is 28.6. The quantitative estimate of drug-likeness (QED) is 0.381. The van der Waals surface area contributed by atoms with Crippen LogP contribution in [0.2, 0.25) is 0 Å². The molecule has 4 rings (SSSR count). The van der Waals surface area contributed by atoms with Gasteiger partial charge in [0.2, 0.25) is 10.0 Å². The van der Waals surface area contributed by atoms with E-state index in [2.05, 4.69) is 4.72 Å². The van der Waals surface area contributed by atoms with E-state index in [0.717, 1.165) is 16.8 Å². The predicted molar refractivity (Wildman–Crippen MR) is 147 cm³/mol. The molecule has 1 saturated carbocycles. The van der Waals surface area contributed by atoms with Crippen LogP contribution in [-0.2, 0) is 31.3 Å². The molecule has 39 heavy (non-hydrogen) atoms. The van der Waals surface area contributed by atoms with Crippen LogP contribution in [0.15, 0.2) is 65.7 Å². The molecule has 1 aliphatic rings. The van der Waals surface area contributed by atoms with Crippen molar-refractivity contribution in [3.05, 3.63) is 72.2 Å². The summed E-state index contributed by atoms with van der Waals surface area (Å²) in [4.78, 5) is 13.6. The Morgan fingerprint density at radius 3 is 2.41 bits per heavy atom. The molecule has 12 heteroatoms. The van der Waals surface area contributed by atoms with Crippen LogP contribution in [0.1, 0.15) is 39.2 Å². The first-order valence-electron chi connectivity index (χ1n) is 12.4. The van der Waals surface area contributed by atoms with Crippen molar-refractivity contribution in [3.8, 4) is 11.3 Å². The van der Waals surface area contributed by atoms with Gasteiger partial charge in [0.15, 0.2) is 0 Å². The third kappa shape index (κ3) is 7.18. The molecular weight excluding hydrogens is 545 g/mol. The van der Waals surface area contributed by atoms with Gasteiger partial charge in [-0.05, 0) is 81.5 Å². The van der Waals surface area contributed by atoms with Crippen LogP contribution in [0.5, 0.6) is 0 Å². The lowest BCUT2D eigenvalue weighted by molar-refractivity contribution is 0.0285. The molecule has 0 unspecified atom stereocenters. The largest absolute Gasteiger partial charge is 0.444 e. The van der Waals surface area contributed by atoms with Gasteiger partial charge in [0, 0.05) is 24.5 Å². The van der Waals surface area contributed by atoms with Gasteiger partial charge in [-0.2, -0.15) is 0 Å². The second-order valence-corrected chi connectivity index (χ2v) is 14.3. The van der Waals surface area contributed by atoms with Crippen LogP contribution in [0.3, 0.4) is 0 Å². The van der Waals surface area contributed by atoms with E-state index in [9.17, 15) is 26.0 Å². The van der Waals surface area contributed by atoms with Gasteiger partial charge in [-0.25, -0.2) is 30.0 Å². The highest BCUT2D eigenvalue weighted by Crippen LogP contribution is 2.32. The number of nitrogens with one attached hydrogen (secondary N) is 1. The number of hydrogen-bond acceptors (Lipinski definition) is 6. The van der Waals surface area contributed by atoms with E-state index in [1.54, 1.807) is 26.8 Å². The SMILES string of the molecule is CN(Cc1cc(-c2ccccc2F)n(S(=O)(=O)c2cccc(NS(=O)(=O)CC3CC3)c2)c1)C(=O)OC(C)(C)C. The summed E-state index contributed by atoms with van der Waals surface area (Å²) in [7, 11) is -6.43. The second kappa shape index (κ2) is 10.6. The van der Waals surface area contributed by atoms with Crippen molar-refractivity contribution >= 4 is 31.8 Å². The van der Waals surface area contributed by atoms with E-state index >= 15 is 0 Å². The van der Waals surface area contributed by atoms with Crippen molar-refractivity contribution in [2.45, 2.75) is 50.7 Å². The van der Waals surface area contributed by atoms with Gasteiger partial charge in [0.1, 0.15) is 11.4 Å². The molecule has 1 N–H and O–H groups in total. The maximum atomic E-state index is 14.8. The maximum Gasteiger partial charge on any atom is 0.410 e. The highest BCUT2D eigenvalue weighted by atomic mass is 32.2. The summed E-state index contributed by atoms with van der Waals surface area (Å²) in [6.45, 7) is 5.20. The summed E-state index contributed by atoms with van der Waals surface area (Å²) in [5.41, 5.74) is -0.0777. The molecule has 1 aromatic heterocycles. The Bertz CT molecular complexity index is 1590. The number of carbonyl (C=O) groups excluding carboxylic acids is 1. The number of amides is 1. The number of halogens is 1. The highest BCUT2D eigenvalue weighted by Gasteiger charge is 2.29. The first-order chi connectivity index (χ1) is 18.1. The third-order valence-electron chi connectivity index (χ3n) is 5.93. The fourth-order valence-electron chi connectivity index (χ4n) is 3.98. The van der Waals surface area contributed by atoms with Gasteiger partial charge in [-0.3, -0.25) is 4.72 Å². The molecule has 0 aliphatic heterocycles. The zero-order valence-corrected chi connectivity index (χ0v) is 23.9. The summed E-state index contributed by atoms with van der Waals surface area (Å²) >= 11 is 0. The smallest absolute Gasteiger partial charge is 0.410 e. The van der Waals surface area contributed by atoms with Crippen molar-refractivity contribution in [1.29, 1.82) is 0 Å². The molecule has 0 atom stereocenters. The Hall–Kier alpha value is -3.38. The lowest BCUT2D eigenvalue weighted by Crippen LogP contribution is -2.33. The lowest BCUT2D eigenvalue weighted by Gasteiger charge is -2.24. The summed E-state index contributed by atoms with van der Waals surface area (Å²) in [6, 6.07) is 12.7. The Labute approximate surface area is 228 Å². The minimum absolute atomic E-state index is 0.000108. The van der Waals surface area contributed by atoms with E-state index in [0.29, 0.717) is 5.56 Å². The average Bonchev–Trinajstić information content (AvgIpc) is 3.52. The van der Waals surface area contributed by atoms with Crippen molar-refractivity contribution < 1.29 is 30.8 Å². The number of aromatic nitrogens is 1. The van der Waals surface area contributed by atoms with E-state index in [4.69, 9.17) is 4.74 Å². The van der Waals surface area contributed by atoms with Gasteiger partial charge in [0.05, 0.1) is 22.9 Å². The summed E-state index contributed by atoms with van der Waals surface area (Å²) in [5.74, 6) is -0.524. The Morgan fingerprint density at radius 1 is 1.08 bits per heavy atom. The van der Waals surface area contributed by atoms with Gasteiger partial charge in [-0.1, -0.05) is 18.2 Å². The molecule has 0 saturated heterocycles. The fraction of sp³-hybridized carbons (Fsp3) is 0.370. The minimum Gasteiger partial charge on any atom is -0.444 e. The Balaban J connectivity index is 1.71. The van der Waals surface area contributed by atoms with Crippen LogP contribution in [0, 0.1) is 11.7 Å². The average molecular weight is 578 g/mol. The van der Waals surface area contributed by atoms with E-state index in [-0.39, 0.29) is 40.1 Å².